The summed E-state index contributed by atoms with van der Waals surface area (Å²) in [6, 6.07) is 30.8. The first kappa shape index (κ1) is 33.4. The number of benzene rings is 3. The zero-order valence-electron chi connectivity index (χ0n) is 29.7. The minimum Gasteiger partial charge on any atom is -0.473 e. The Morgan fingerprint density at radius 2 is 1.60 bits per heavy atom. The summed E-state index contributed by atoms with van der Waals surface area (Å²) in [4.78, 5) is 19.2. The average molecular weight is 674 g/mol. The molecule has 1 saturated heterocycles. The second-order valence-electron chi connectivity index (χ2n) is 15.1. The number of rotatable bonds is 9. The number of aromatic nitrogens is 3. The maximum atomic E-state index is 12.5. The molecule has 0 radical (unpaired) electrons. The number of pyridine rings is 1. The molecule has 50 heavy (non-hydrogen) atoms. The Morgan fingerprint density at radius 3 is 2.26 bits per heavy atom. The van der Waals surface area contributed by atoms with Gasteiger partial charge in [-0.05, 0) is 81.3 Å². The molecule has 2 aromatic heterocycles. The molecule has 260 valence electrons. The molecule has 2 aliphatic rings. The van der Waals surface area contributed by atoms with E-state index in [4.69, 9.17) is 24.3 Å². The van der Waals surface area contributed by atoms with Crippen molar-refractivity contribution < 1.29 is 19.0 Å². The third-order valence-corrected chi connectivity index (χ3v) is 9.87. The highest BCUT2D eigenvalue weighted by Crippen LogP contribution is 2.47. The van der Waals surface area contributed by atoms with Crippen molar-refractivity contribution in [3.8, 4) is 23.0 Å². The van der Waals surface area contributed by atoms with Gasteiger partial charge in [-0.25, -0.2) is 4.79 Å². The van der Waals surface area contributed by atoms with E-state index in [-0.39, 0.29) is 11.5 Å². The van der Waals surface area contributed by atoms with Crippen LogP contribution in [-0.4, -0.2) is 50.5 Å². The first-order valence-electron chi connectivity index (χ1n) is 17.6. The Kier molecular flexibility index (Phi) is 9.16. The van der Waals surface area contributed by atoms with E-state index in [1.807, 2.05) is 110 Å². The largest absolute Gasteiger partial charge is 0.473 e. The zero-order valence-corrected chi connectivity index (χ0v) is 29.7. The third kappa shape index (κ3) is 7.42. The smallest absolute Gasteiger partial charge is 0.410 e. The summed E-state index contributed by atoms with van der Waals surface area (Å²) in [6.45, 7) is 10.4. The molecule has 7 rings (SSSR count). The van der Waals surface area contributed by atoms with Crippen LogP contribution in [0.25, 0.3) is 22.2 Å². The topological polar surface area (TPSA) is 90.7 Å². The number of aryl methyl sites for hydroxylation is 1. The Hall–Kier alpha value is -5.05. The quantitative estimate of drug-likeness (QED) is 0.168. The highest BCUT2D eigenvalue weighted by Gasteiger charge is 2.50. The molecule has 1 N–H and O–H groups in total. The summed E-state index contributed by atoms with van der Waals surface area (Å²) >= 11 is 0. The van der Waals surface area contributed by atoms with Crippen LogP contribution in [0, 0.1) is 11.3 Å². The average Bonchev–Trinajstić information content (AvgIpc) is 3.41. The molecule has 3 heterocycles. The first-order chi connectivity index (χ1) is 24.0. The van der Waals surface area contributed by atoms with Crippen LogP contribution in [0.4, 0.5) is 10.5 Å². The van der Waals surface area contributed by atoms with Gasteiger partial charge in [0, 0.05) is 48.7 Å². The maximum Gasteiger partial charge on any atom is 0.410 e. The number of nitrogens with zero attached hydrogens (tertiary/aromatic N) is 4. The number of carbonyl (C=O) groups excluding carboxylic acids is 1. The lowest BCUT2D eigenvalue weighted by molar-refractivity contribution is -0.0580. The summed E-state index contributed by atoms with van der Waals surface area (Å²) in [5.41, 5.74) is 5.58. The second kappa shape index (κ2) is 13.7. The number of hydrogen-bond acceptors (Lipinski definition) is 7. The van der Waals surface area contributed by atoms with E-state index in [1.54, 1.807) is 0 Å². The molecule has 0 unspecified atom stereocenters. The van der Waals surface area contributed by atoms with Gasteiger partial charge in [-0.2, -0.15) is 10.1 Å². The van der Waals surface area contributed by atoms with Crippen LogP contribution in [0.15, 0.2) is 91.0 Å². The van der Waals surface area contributed by atoms with E-state index < -0.39 is 5.60 Å². The fourth-order valence-corrected chi connectivity index (χ4v) is 7.41. The summed E-state index contributed by atoms with van der Waals surface area (Å²) in [5.74, 6) is 1.45. The lowest BCUT2D eigenvalue weighted by Gasteiger charge is -2.55. The van der Waals surface area contributed by atoms with E-state index in [0.717, 1.165) is 71.3 Å². The van der Waals surface area contributed by atoms with Gasteiger partial charge in [-0.3, -0.25) is 4.68 Å². The molecule has 9 nitrogen and oxygen atoms in total. The zero-order chi connectivity index (χ0) is 34.9. The normalized spacial score (nSPS) is 18.5. The third-order valence-electron chi connectivity index (χ3n) is 9.87. The summed E-state index contributed by atoms with van der Waals surface area (Å²) < 4.78 is 20.0. The van der Waals surface area contributed by atoms with Crippen molar-refractivity contribution in [1.82, 2.24) is 19.7 Å². The molecule has 2 fully saturated rings. The fraction of sp³-hybridized carbons (Fsp3) is 0.390. The maximum absolute atomic E-state index is 12.5. The van der Waals surface area contributed by atoms with Gasteiger partial charge in [-0.15, -0.1) is 0 Å². The Morgan fingerprint density at radius 1 is 0.920 bits per heavy atom. The molecule has 1 saturated carbocycles. The van der Waals surface area contributed by atoms with E-state index >= 15 is 0 Å². The Bertz CT molecular complexity index is 1950. The van der Waals surface area contributed by atoms with Crippen molar-refractivity contribution in [3.05, 3.63) is 102 Å². The Labute approximate surface area is 294 Å². The summed E-state index contributed by atoms with van der Waals surface area (Å²) in [6.07, 6.45) is 3.05. The molecule has 2 atom stereocenters. The minimum atomic E-state index is -0.470. The van der Waals surface area contributed by atoms with E-state index in [1.165, 1.54) is 0 Å². The van der Waals surface area contributed by atoms with Gasteiger partial charge < -0.3 is 24.4 Å². The van der Waals surface area contributed by atoms with Gasteiger partial charge in [0.15, 0.2) is 0 Å². The van der Waals surface area contributed by atoms with Gasteiger partial charge in [0.1, 0.15) is 24.5 Å². The lowest BCUT2D eigenvalue weighted by Crippen LogP contribution is -2.62. The molecule has 1 aliphatic carbocycles. The molecular weight excluding hydrogens is 626 g/mol. The number of nitrogens with one attached hydrogen (secondary N) is 1. The van der Waals surface area contributed by atoms with Crippen molar-refractivity contribution in [1.29, 1.82) is 0 Å². The van der Waals surface area contributed by atoms with Crippen LogP contribution < -0.4 is 14.8 Å². The van der Waals surface area contributed by atoms with E-state index in [0.29, 0.717) is 36.9 Å². The minimum absolute atomic E-state index is 0.196. The number of anilines is 1. The van der Waals surface area contributed by atoms with Crippen LogP contribution in [0.1, 0.15) is 58.1 Å². The van der Waals surface area contributed by atoms with Gasteiger partial charge >= 0.3 is 6.09 Å². The number of fused-ring (bicyclic) bond motifs is 1. The first-order valence-corrected chi connectivity index (χ1v) is 17.6. The van der Waals surface area contributed by atoms with Crippen molar-refractivity contribution >= 4 is 22.7 Å². The van der Waals surface area contributed by atoms with Crippen molar-refractivity contribution in [2.45, 2.75) is 71.8 Å². The van der Waals surface area contributed by atoms with Crippen LogP contribution in [0.3, 0.4) is 0 Å². The van der Waals surface area contributed by atoms with E-state index in [9.17, 15) is 4.79 Å². The number of hydrogen-bond donors (Lipinski definition) is 1. The molecule has 0 bridgehead atoms. The van der Waals surface area contributed by atoms with Crippen LogP contribution >= 0.6 is 0 Å². The molecule has 5 aromatic rings. The molecule has 1 amide bonds. The standard InChI is InChI=1S/C41H47N5O4/c1-28-23-41(26-46(27-41)39(47)50-40(2,3)4)21-20-34(28)42-31-16-17-32-35(22-31)45(5)44-37(32)33-18-19-36(48-24-29-12-8-6-9-13-29)43-38(33)49-25-30-14-10-7-11-15-30/h6-19,22,28,34,42H,20-21,23-27H2,1-5H3/t28-,34-/m0/s1. The number of carbonyl (C=O) groups is 1. The predicted molar refractivity (Wildman–Crippen MR) is 196 cm³/mol. The SMILES string of the molecule is C[C@H]1CC2(CC[C@@H]1Nc1ccc3c(-c4ccc(OCc5ccccc5)nc4OCc4ccccc4)nn(C)c3c1)CN(C(=O)OC(C)(C)C)C2. The molecule has 9 heteroatoms. The van der Waals surface area contributed by atoms with Gasteiger partial charge in [-0.1, -0.05) is 67.6 Å². The van der Waals surface area contributed by atoms with Gasteiger partial charge in [0.25, 0.3) is 0 Å². The Balaban J connectivity index is 1.07. The number of amides is 1. The van der Waals surface area contributed by atoms with E-state index in [2.05, 4.69) is 30.4 Å². The van der Waals surface area contributed by atoms with Crippen LogP contribution in [0.2, 0.25) is 0 Å². The van der Waals surface area contributed by atoms with Gasteiger partial charge in [0.05, 0.1) is 11.1 Å². The fourth-order valence-electron chi connectivity index (χ4n) is 7.41. The highest BCUT2D eigenvalue weighted by atomic mass is 16.6. The highest BCUT2D eigenvalue weighted by molar-refractivity contribution is 5.96. The van der Waals surface area contributed by atoms with Crippen LogP contribution in [0.5, 0.6) is 11.8 Å². The number of ether oxygens (including phenoxy) is 3. The molecule has 3 aromatic carbocycles. The van der Waals surface area contributed by atoms with Crippen molar-refractivity contribution in [3.63, 3.8) is 0 Å². The predicted octanol–water partition coefficient (Wildman–Crippen LogP) is 8.63. The lowest BCUT2D eigenvalue weighted by atomic mass is 9.64. The second-order valence-corrected chi connectivity index (χ2v) is 15.1. The monoisotopic (exact) mass is 673 g/mol. The molecule has 1 aliphatic heterocycles. The van der Waals surface area contributed by atoms with Crippen LogP contribution in [-0.2, 0) is 25.0 Å². The summed E-state index contributed by atoms with van der Waals surface area (Å²) in [7, 11) is 1.98. The van der Waals surface area contributed by atoms with Gasteiger partial charge in [0.2, 0.25) is 11.8 Å². The van der Waals surface area contributed by atoms with Crippen molar-refractivity contribution in [2.24, 2.45) is 18.4 Å². The number of likely N-dealkylation sites (tertiary alicyclic amines) is 1. The van der Waals surface area contributed by atoms with Crippen molar-refractivity contribution in [2.75, 3.05) is 18.4 Å². The molecule has 1 spiro atoms. The molecular formula is C41H47N5O4. The summed E-state index contributed by atoms with van der Waals surface area (Å²) in [5, 5.41) is 9.83.